The summed E-state index contributed by atoms with van der Waals surface area (Å²) in [7, 11) is 0. The number of anilines is 1. The number of carbonyl (C=O) groups excluding carboxylic acids is 2. The summed E-state index contributed by atoms with van der Waals surface area (Å²) >= 11 is 6.06. The lowest BCUT2D eigenvalue weighted by molar-refractivity contribution is -0.136. The van der Waals surface area contributed by atoms with Crippen molar-refractivity contribution in [1.29, 1.82) is 0 Å². The molecular weight excluding hydrogens is 318 g/mol. The van der Waals surface area contributed by atoms with Crippen LogP contribution in [0.25, 0.3) is 0 Å². The van der Waals surface area contributed by atoms with Gasteiger partial charge in [0.25, 0.3) is 5.91 Å². The second kappa shape index (κ2) is 7.07. The fraction of sp³-hybridized carbons (Fsp3) is 0.118. The molecule has 0 bridgehead atoms. The molecule has 0 spiro atoms. The Kier molecular flexibility index (Phi) is 5.13. The van der Waals surface area contributed by atoms with Crippen molar-refractivity contribution in [2.75, 3.05) is 5.32 Å². The summed E-state index contributed by atoms with van der Waals surface area (Å²) in [5.74, 6) is -1.58. The molecule has 0 unspecified atom stereocenters. The number of para-hydroxylation sites is 1. The maximum atomic E-state index is 12.3. The Morgan fingerprint density at radius 2 is 1.74 bits per heavy atom. The lowest BCUT2D eigenvalue weighted by Crippen LogP contribution is -2.15. The van der Waals surface area contributed by atoms with E-state index in [0.29, 0.717) is 16.7 Å². The largest absolute Gasteiger partial charge is 0.481 e. The molecule has 0 heterocycles. The maximum Gasteiger partial charge on any atom is 0.307 e. The maximum absolute atomic E-state index is 12.3. The second-order valence-corrected chi connectivity index (χ2v) is 5.35. The first-order chi connectivity index (χ1) is 10.9. The monoisotopic (exact) mass is 331 g/mol. The molecule has 0 fully saturated rings. The number of amides is 1. The van der Waals surface area contributed by atoms with Crippen LogP contribution in [-0.2, 0) is 11.2 Å². The van der Waals surface area contributed by atoms with Crippen LogP contribution in [0.4, 0.5) is 5.69 Å². The Morgan fingerprint density at radius 3 is 2.30 bits per heavy atom. The number of carboxylic acids is 1. The molecule has 2 aromatic rings. The minimum Gasteiger partial charge on any atom is -0.481 e. The summed E-state index contributed by atoms with van der Waals surface area (Å²) in [4.78, 5) is 34.5. The normalized spacial score (nSPS) is 10.2. The van der Waals surface area contributed by atoms with E-state index in [2.05, 4.69) is 5.32 Å². The highest BCUT2D eigenvalue weighted by Gasteiger charge is 2.15. The number of Topliss-reactive ketones (excluding diaryl/α,β-unsaturated/α-hetero) is 1. The van der Waals surface area contributed by atoms with Crippen LogP contribution in [0.15, 0.2) is 42.5 Å². The van der Waals surface area contributed by atoms with Gasteiger partial charge < -0.3 is 10.4 Å². The van der Waals surface area contributed by atoms with Gasteiger partial charge >= 0.3 is 5.97 Å². The van der Waals surface area contributed by atoms with Crippen molar-refractivity contribution in [2.45, 2.75) is 13.3 Å². The van der Waals surface area contributed by atoms with Crippen LogP contribution < -0.4 is 5.32 Å². The highest BCUT2D eigenvalue weighted by atomic mass is 35.5. The van der Waals surface area contributed by atoms with Gasteiger partial charge in [0.1, 0.15) is 0 Å². The number of rotatable bonds is 5. The van der Waals surface area contributed by atoms with Gasteiger partial charge in [0.05, 0.1) is 17.1 Å². The van der Waals surface area contributed by atoms with Crippen molar-refractivity contribution in [3.8, 4) is 0 Å². The van der Waals surface area contributed by atoms with Gasteiger partial charge in [-0.1, -0.05) is 29.8 Å². The highest BCUT2D eigenvalue weighted by Crippen LogP contribution is 2.27. The van der Waals surface area contributed by atoms with Crippen LogP contribution in [0.3, 0.4) is 0 Å². The molecule has 2 aromatic carbocycles. The Bertz CT molecular complexity index is 769. The highest BCUT2D eigenvalue weighted by molar-refractivity contribution is 6.35. The van der Waals surface area contributed by atoms with E-state index >= 15 is 0 Å². The molecule has 5 nitrogen and oxygen atoms in total. The third-order valence-electron chi connectivity index (χ3n) is 3.20. The Balaban J connectivity index is 2.23. The number of nitrogens with one attached hydrogen (secondary N) is 1. The predicted molar refractivity (Wildman–Crippen MR) is 87.2 cm³/mol. The second-order valence-electron chi connectivity index (χ2n) is 4.94. The van der Waals surface area contributed by atoms with Crippen LogP contribution >= 0.6 is 11.6 Å². The summed E-state index contributed by atoms with van der Waals surface area (Å²) < 4.78 is 0. The topological polar surface area (TPSA) is 83.5 Å². The molecule has 1 amide bonds. The number of hydrogen-bond donors (Lipinski definition) is 2. The predicted octanol–water partition coefficient (Wildman–Crippen LogP) is 3.42. The molecular formula is C17H14ClNO4. The quantitative estimate of drug-likeness (QED) is 0.822. The molecule has 2 rings (SSSR count). The molecule has 0 aromatic heterocycles. The van der Waals surface area contributed by atoms with E-state index in [4.69, 9.17) is 16.7 Å². The molecule has 0 aliphatic heterocycles. The molecule has 0 saturated heterocycles. The fourth-order valence-corrected chi connectivity index (χ4v) is 2.30. The first-order valence-electron chi connectivity index (χ1n) is 6.80. The molecule has 2 N–H and O–H groups in total. The first kappa shape index (κ1) is 16.7. The lowest BCUT2D eigenvalue weighted by Gasteiger charge is -2.11. The van der Waals surface area contributed by atoms with Crippen molar-refractivity contribution < 1.29 is 19.5 Å². The average molecular weight is 332 g/mol. The molecule has 118 valence electrons. The number of benzene rings is 2. The van der Waals surface area contributed by atoms with E-state index in [-0.39, 0.29) is 22.9 Å². The third-order valence-corrected chi connectivity index (χ3v) is 3.52. The number of hydrogen-bond acceptors (Lipinski definition) is 3. The standard InChI is InChI=1S/C17H14ClNO4/c1-10(20)13-3-2-4-14(18)16(13)19-17(23)12-7-5-11(6-8-12)9-15(21)22/h2-8H,9H2,1H3,(H,19,23)(H,21,22). The number of ketones is 1. The summed E-state index contributed by atoms with van der Waals surface area (Å²) in [5.41, 5.74) is 1.53. The van der Waals surface area contributed by atoms with Gasteiger partial charge in [0, 0.05) is 11.1 Å². The van der Waals surface area contributed by atoms with Gasteiger partial charge in [0.2, 0.25) is 0 Å². The summed E-state index contributed by atoms with van der Waals surface area (Å²) in [5, 5.41) is 11.6. The Labute approximate surface area is 137 Å². The Hall–Kier alpha value is -2.66. The van der Waals surface area contributed by atoms with E-state index in [1.807, 2.05) is 0 Å². The molecule has 0 atom stereocenters. The van der Waals surface area contributed by atoms with Gasteiger partial charge in [-0.3, -0.25) is 14.4 Å². The van der Waals surface area contributed by atoms with E-state index in [9.17, 15) is 14.4 Å². The van der Waals surface area contributed by atoms with Crippen LogP contribution in [0.1, 0.15) is 33.2 Å². The van der Waals surface area contributed by atoms with E-state index < -0.39 is 11.9 Å². The van der Waals surface area contributed by atoms with E-state index in [1.165, 1.54) is 19.1 Å². The number of carboxylic acid groups (broad SMARTS) is 1. The summed E-state index contributed by atoms with van der Waals surface area (Å²) in [6.07, 6.45) is -0.110. The number of aliphatic carboxylic acids is 1. The first-order valence-corrected chi connectivity index (χ1v) is 7.18. The average Bonchev–Trinajstić information content (AvgIpc) is 2.49. The fourth-order valence-electron chi connectivity index (χ4n) is 2.08. The zero-order valence-corrected chi connectivity index (χ0v) is 13.1. The zero-order chi connectivity index (χ0) is 17.0. The van der Waals surface area contributed by atoms with Gasteiger partial charge in [-0.2, -0.15) is 0 Å². The van der Waals surface area contributed by atoms with Crippen molar-refractivity contribution >= 4 is 34.9 Å². The minimum atomic E-state index is -0.940. The van der Waals surface area contributed by atoms with E-state index in [1.54, 1.807) is 30.3 Å². The molecule has 0 saturated carbocycles. The van der Waals surface area contributed by atoms with Crippen LogP contribution in [-0.4, -0.2) is 22.8 Å². The smallest absolute Gasteiger partial charge is 0.307 e. The van der Waals surface area contributed by atoms with E-state index in [0.717, 1.165) is 0 Å². The zero-order valence-electron chi connectivity index (χ0n) is 12.3. The van der Waals surface area contributed by atoms with Crippen molar-refractivity contribution in [3.63, 3.8) is 0 Å². The molecule has 23 heavy (non-hydrogen) atoms. The molecule has 0 aliphatic rings. The van der Waals surface area contributed by atoms with Crippen molar-refractivity contribution in [2.24, 2.45) is 0 Å². The van der Waals surface area contributed by atoms with Crippen LogP contribution in [0, 0.1) is 0 Å². The number of halogens is 1. The van der Waals surface area contributed by atoms with Crippen LogP contribution in [0.5, 0.6) is 0 Å². The van der Waals surface area contributed by atoms with Gasteiger partial charge in [-0.15, -0.1) is 0 Å². The third kappa shape index (κ3) is 4.17. The molecule has 0 aliphatic carbocycles. The van der Waals surface area contributed by atoms with Crippen LogP contribution in [0.2, 0.25) is 5.02 Å². The van der Waals surface area contributed by atoms with Gasteiger partial charge in [0.15, 0.2) is 5.78 Å². The summed E-state index contributed by atoms with van der Waals surface area (Å²) in [6, 6.07) is 11.0. The molecule has 0 radical (unpaired) electrons. The van der Waals surface area contributed by atoms with Gasteiger partial charge in [-0.05, 0) is 36.8 Å². The van der Waals surface area contributed by atoms with Crippen molar-refractivity contribution in [1.82, 2.24) is 0 Å². The van der Waals surface area contributed by atoms with Crippen molar-refractivity contribution in [3.05, 3.63) is 64.2 Å². The molecule has 6 heteroatoms. The van der Waals surface area contributed by atoms with Gasteiger partial charge in [-0.25, -0.2) is 0 Å². The SMILES string of the molecule is CC(=O)c1cccc(Cl)c1NC(=O)c1ccc(CC(=O)O)cc1. The number of carbonyl (C=O) groups is 3. The summed E-state index contributed by atoms with van der Waals surface area (Å²) in [6.45, 7) is 1.39. The Morgan fingerprint density at radius 1 is 1.09 bits per heavy atom. The lowest BCUT2D eigenvalue weighted by atomic mass is 10.1. The minimum absolute atomic E-state index is 0.110.